The van der Waals surface area contributed by atoms with E-state index in [4.69, 9.17) is 4.74 Å². The number of hydrogen-bond acceptors (Lipinski definition) is 4. The second kappa shape index (κ2) is 7.93. The fourth-order valence-electron chi connectivity index (χ4n) is 4.85. The number of methoxy groups -OCH3 is 1. The molecule has 2 heterocycles. The number of carboxylic acid groups (broad SMARTS) is 1. The van der Waals surface area contributed by atoms with Crippen molar-refractivity contribution in [3.8, 4) is 5.75 Å². The van der Waals surface area contributed by atoms with Gasteiger partial charge in [0.1, 0.15) is 11.3 Å². The Kier molecular flexibility index (Phi) is 5.47. The van der Waals surface area contributed by atoms with E-state index in [9.17, 15) is 14.7 Å². The number of carbonyl (C=O) groups is 1. The van der Waals surface area contributed by atoms with Crippen molar-refractivity contribution in [2.75, 3.05) is 25.1 Å². The number of fused-ring (bicyclic) bond motifs is 1. The lowest BCUT2D eigenvalue weighted by Crippen LogP contribution is -2.37. The monoisotopic (exact) mass is 416 g/mol. The summed E-state index contributed by atoms with van der Waals surface area (Å²) in [6.07, 6.45) is 6.38. The maximum atomic E-state index is 15.4. The number of aromatic nitrogens is 1. The van der Waals surface area contributed by atoms with Gasteiger partial charge in [-0.15, -0.1) is 0 Å². The maximum absolute atomic E-state index is 15.4. The molecule has 0 amide bonds. The molecule has 1 saturated carbocycles. The van der Waals surface area contributed by atoms with Crippen molar-refractivity contribution in [3.05, 3.63) is 33.9 Å². The lowest BCUT2D eigenvalue weighted by atomic mass is 9.89. The van der Waals surface area contributed by atoms with Crippen LogP contribution < -0.4 is 15.1 Å². The van der Waals surface area contributed by atoms with E-state index in [0.29, 0.717) is 28.8 Å². The van der Waals surface area contributed by atoms with Gasteiger partial charge in [-0.1, -0.05) is 13.8 Å². The Balaban J connectivity index is 1.90. The van der Waals surface area contributed by atoms with Crippen LogP contribution in [0.2, 0.25) is 0 Å². The number of halogens is 1. The molecular formula is C23H29FN2O4. The summed E-state index contributed by atoms with van der Waals surface area (Å²) in [6.45, 7) is 5.88. The summed E-state index contributed by atoms with van der Waals surface area (Å²) in [4.78, 5) is 26.4. The van der Waals surface area contributed by atoms with E-state index >= 15 is 4.39 Å². The molecule has 2 aromatic rings. The minimum absolute atomic E-state index is 0.0654. The average Bonchev–Trinajstić information content (AvgIpc) is 3.52. The van der Waals surface area contributed by atoms with E-state index < -0.39 is 17.2 Å². The van der Waals surface area contributed by atoms with E-state index in [1.165, 1.54) is 19.4 Å². The molecule has 1 atom stereocenters. The van der Waals surface area contributed by atoms with Gasteiger partial charge < -0.3 is 19.3 Å². The molecule has 2 aliphatic rings. The van der Waals surface area contributed by atoms with Crippen molar-refractivity contribution in [1.82, 2.24) is 4.57 Å². The number of anilines is 1. The van der Waals surface area contributed by atoms with Crippen LogP contribution in [0.25, 0.3) is 10.9 Å². The molecule has 1 saturated heterocycles. The third-order valence-electron chi connectivity index (χ3n) is 6.21. The van der Waals surface area contributed by atoms with Crippen LogP contribution in [0.3, 0.4) is 0 Å². The number of rotatable bonds is 6. The predicted molar refractivity (Wildman–Crippen MR) is 114 cm³/mol. The number of hydrogen-bond donors (Lipinski definition) is 1. The second-order valence-electron chi connectivity index (χ2n) is 9.04. The highest BCUT2D eigenvalue weighted by Crippen LogP contribution is 2.44. The molecular weight excluding hydrogens is 387 g/mol. The summed E-state index contributed by atoms with van der Waals surface area (Å²) < 4.78 is 22.9. The summed E-state index contributed by atoms with van der Waals surface area (Å²) in [5.41, 5.74) is -0.124. The third kappa shape index (κ3) is 3.66. The van der Waals surface area contributed by atoms with E-state index in [-0.39, 0.29) is 17.0 Å². The SMILES string of the molecule is COc1c(N2CCCC(CC(C)C)C2)c(F)cc2c(=O)c(C(=O)O)cn(C3CC3)c12. The van der Waals surface area contributed by atoms with Crippen LogP contribution in [0, 0.1) is 17.7 Å². The molecule has 162 valence electrons. The topological polar surface area (TPSA) is 71.8 Å². The summed E-state index contributed by atoms with van der Waals surface area (Å²) >= 11 is 0. The molecule has 6 nitrogen and oxygen atoms in total. The predicted octanol–water partition coefficient (Wildman–Crippen LogP) is 4.44. The molecule has 0 spiro atoms. The molecule has 1 aliphatic heterocycles. The molecule has 2 fully saturated rings. The molecule has 1 unspecified atom stereocenters. The zero-order valence-electron chi connectivity index (χ0n) is 17.8. The van der Waals surface area contributed by atoms with Crippen LogP contribution in [0.1, 0.15) is 62.4 Å². The van der Waals surface area contributed by atoms with Gasteiger partial charge in [0.2, 0.25) is 5.43 Å². The Bertz CT molecular complexity index is 1040. The van der Waals surface area contributed by atoms with Crippen molar-refractivity contribution in [1.29, 1.82) is 0 Å². The van der Waals surface area contributed by atoms with Crippen LogP contribution in [0.4, 0.5) is 10.1 Å². The number of benzene rings is 1. The molecule has 7 heteroatoms. The van der Waals surface area contributed by atoms with E-state index in [1.54, 1.807) is 4.57 Å². The van der Waals surface area contributed by atoms with Crippen molar-refractivity contribution >= 4 is 22.6 Å². The standard InChI is InChI=1S/C23H29FN2O4/c1-13(2)9-14-5-4-8-25(11-14)20-18(24)10-16-19(22(20)30-3)26(15-6-7-15)12-17(21(16)27)23(28)29/h10,12-15H,4-9,11H2,1-3H3,(H,28,29). The summed E-state index contributed by atoms with van der Waals surface area (Å²) in [5.74, 6) is -0.443. The normalized spacial score (nSPS) is 19.5. The van der Waals surface area contributed by atoms with Gasteiger partial charge in [-0.25, -0.2) is 9.18 Å². The number of nitrogens with zero attached hydrogens (tertiary/aromatic N) is 2. The first-order valence-corrected chi connectivity index (χ1v) is 10.7. The zero-order chi connectivity index (χ0) is 21.6. The molecule has 1 aromatic carbocycles. The van der Waals surface area contributed by atoms with E-state index in [1.807, 2.05) is 4.90 Å². The van der Waals surface area contributed by atoms with Gasteiger partial charge in [0.25, 0.3) is 0 Å². The summed E-state index contributed by atoms with van der Waals surface area (Å²) in [6, 6.07) is 1.31. The fourth-order valence-corrected chi connectivity index (χ4v) is 4.85. The van der Waals surface area contributed by atoms with Crippen LogP contribution in [-0.4, -0.2) is 35.8 Å². The zero-order valence-corrected chi connectivity index (χ0v) is 17.8. The van der Waals surface area contributed by atoms with Gasteiger partial charge in [-0.2, -0.15) is 0 Å². The molecule has 1 aromatic heterocycles. The highest BCUT2D eigenvalue weighted by Gasteiger charge is 2.32. The average molecular weight is 416 g/mol. The minimum Gasteiger partial charge on any atom is -0.492 e. The Morgan fingerprint density at radius 2 is 2.07 bits per heavy atom. The Morgan fingerprint density at radius 3 is 2.67 bits per heavy atom. The first-order valence-electron chi connectivity index (χ1n) is 10.7. The number of carboxylic acids is 1. The first kappa shape index (κ1) is 20.7. The quantitative estimate of drug-likeness (QED) is 0.754. The maximum Gasteiger partial charge on any atom is 0.341 e. The second-order valence-corrected chi connectivity index (χ2v) is 9.04. The number of piperidine rings is 1. The van der Waals surface area contributed by atoms with Gasteiger partial charge in [-0.05, 0) is 50.0 Å². The summed E-state index contributed by atoms with van der Waals surface area (Å²) in [5, 5.41) is 9.53. The molecule has 0 radical (unpaired) electrons. The van der Waals surface area contributed by atoms with E-state index in [2.05, 4.69) is 13.8 Å². The smallest absolute Gasteiger partial charge is 0.341 e. The molecule has 0 bridgehead atoms. The van der Waals surface area contributed by atoms with Crippen molar-refractivity contribution in [3.63, 3.8) is 0 Å². The highest BCUT2D eigenvalue weighted by molar-refractivity contribution is 5.97. The minimum atomic E-state index is -1.30. The summed E-state index contributed by atoms with van der Waals surface area (Å²) in [7, 11) is 1.49. The van der Waals surface area contributed by atoms with Gasteiger partial charge in [0.15, 0.2) is 11.6 Å². The fraction of sp³-hybridized carbons (Fsp3) is 0.565. The van der Waals surface area contributed by atoms with Gasteiger partial charge >= 0.3 is 5.97 Å². The van der Waals surface area contributed by atoms with Crippen LogP contribution >= 0.6 is 0 Å². The van der Waals surface area contributed by atoms with Crippen molar-refractivity contribution in [2.24, 2.45) is 11.8 Å². The largest absolute Gasteiger partial charge is 0.492 e. The molecule has 1 N–H and O–H groups in total. The number of ether oxygens (including phenoxy) is 1. The van der Waals surface area contributed by atoms with Gasteiger partial charge in [0.05, 0.1) is 18.0 Å². The number of aromatic carboxylic acids is 1. The molecule has 4 rings (SSSR count). The molecule has 1 aliphatic carbocycles. The Morgan fingerprint density at radius 1 is 1.33 bits per heavy atom. The van der Waals surface area contributed by atoms with Crippen molar-refractivity contribution < 1.29 is 19.0 Å². The Labute approximate surface area is 175 Å². The highest BCUT2D eigenvalue weighted by atomic mass is 19.1. The first-order chi connectivity index (χ1) is 14.3. The third-order valence-corrected chi connectivity index (χ3v) is 6.21. The van der Waals surface area contributed by atoms with Crippen LogP contribution in [0.5, 0.6) is 5.75 Å². The van der Waals surface area contributed by atoms with Crippen LogP contribution in [0.15, 0.2) is 17.1 Å². The number of pyridine rings is 1. The van der Waals surface area contributed by atoms with Crippen molar-refractivity contribution in [2.45, 2.75) is 52.0 Å². The lowest BCUT2D eigenvalue weighted by molar-refractivity contribution is 0.0695. The van der Waals surface area contributed by atoms with E-state index in [0.717, 1.165) is 45.2 Å². The van der Waals surface area contributed by atoms with Gasteiger partial charge in [0, 0.05) is 25.3 Å². The van der Waals surface area contributed by atoms with Crippen LogP contribution in [-0.2, 0) is 0 Å². The van der Waals surface area contributed by atoms with Gasteiger partial charge in [-0.3, -0.25) is 4.79 Å². The molecule has 30 heavy (non-hydrogen) atoms. The lowest BCUT2D eigenvalue weighted by Gasteiger charge is -2.36. The Hall–Kier alpha value is -2.57.